The third-order valence-electron chi connectivity index (χ3n) is 6.39. The van der Waals surface area contributed by atoms with Gasteiger partial charge in [-0.25, -0.2) is 9.97 Å². The van der Waals surface area contributed by atoms with E-state index in [1.54, 1.807) is 0 Å². The van der Waals surface area contributed by atoms with E-state index in [0.717, 1.165) is 55.5 Å². The molecular weight excluding hydrogens is 408 g/mol. The van der Waals surface area contributed by atoms with Crippen molar-refractivity contribution in [2.24, 2.45) is 11.3 Å². The van der Waals surface area contributed by atoms with E-state index >= 15 is 0 Å². The SMILES string of the molecule is Cc1cccc(-c2nc(C)c(C(C)C)c(N3CCN(C(=O)C[C@H](C)CC(C)(C)C)CC3)n2)c1. The Kier molecular flexibility index (Phi) is 7.81. The lowest BCUT2D eigenvalue weighted by molar-refractivity contribution is -0.132. The van der Waals surface area contributed by atoms with Crippen molar-refractivity contribution < 1.29 is 4.79 Å². The van der Waals surface area contributed by atoms with E-state index in [2.05, 4.69) is 84.6 Å². The molecule has 1 saturated heterocycles. The van der Waals surface area contributed by atoms with Crippen molar-refractivity contribution in [1.82, 2.24) is 14.9 Å². The van der Waals surface area contributed by atoms with Gasteiger partial charge in [-0.3, -0.25) is 4.79 Å². The Bertz CT molecular complexity index is 968. The predicted octanol–water partition coefficient (Wildman–Crippen LogP) is 5.99. The van der Waals surface area contributed by atoms with Crippen molar-refractivity contribution in [2.75, 3.05) is 31.1 Å². The topological polar surface area (TPSA) is 49.3 Å². The van der Waals surface area contributed by atoms with Crippen LogP contribution in [0.15, 0.2) is 24.3 Å². The average molecular weight is 451 g/mol. The first kappa shape index (κ1) is 25.2. The second kappa shape index (κ2) is 10.2. The number of anilines is 1. The average Bonchev–Trinajstić information content (AvgIpc) is 2.71. The van der Waals surface area contributed by atoms with Crippen molar-refractivity contribution in [1.29, 1.82) is 0 Å². The van der Waals surface area contributed by atoms with Crippen molar-refractivity contribution >= 4 is 11.7 Å². The molecule has 1 fully saturated rings. The molecule has 180 valence electrons. The fourth-order valence-corrected chi connectivity index (χ4v) is 5.11. The van der Waals surface area contributed by atoms with Crippen molar-refractivity contribution in [3.05, 3.63) is 41.1 Å². The lowest BCUT2D eigenvalue weighted by atomic mass is 9.84. The van der Waals surface area contributed by atoms with Crippen molar-refractivity contribution in [3.8, 4) is 11.4 Å². The number of amides is 1. The molecule has 1 aromatic carbocycles. The summed E-state index contributed by atoms with van der Waals surface area (Å²) in [6.45, 7) is 20.7. The number of aromatic nitrogens is 2. The first-order chi connectivity index (χ1) is 15.4. The van der Waals surface area contributed by atoms with Gasteiger partial charge in [0.05, 0.1) is 0 Å². The van der Waals surface area contributed by atoms with Crippen LogP contribution in [0.1, 0.15) is 77.1 Å². The maximum Gasteiger partial charge on any atom is 0.222 e. The van der Waals surface area contributed by atoms with E-state index < -0.39 is 0 Å². The van der Waals surface area contributed by atoms with Gasteiger partial charge in [-0.1, -0.05) is 65.3 Å². The third-order valence-corrected chi connectivity index (χ3v) is 6.39. The standard InChI is InChI=1S/C28H42N4O/c1-19(2)25-22(5)29-26(23-11-9-10-20(3)16-23)30-27(25)32-14-12-31(13-15-32)24(33)17-21(4)18-28(6,7)8/h9-11,16,19,21H,12-15,17-18H2,1-8H3/t21-/m0/s1. The van der Waals surface area contributed by atoms with Crippen LogP contribution < -0.4 is 4.90 Å². The number of aryl methyl sites for hydroxylation is 2. The summed E-state index contributed by atoms with van der Waals surface area (Å²) in [5.74, 6) is 2.84. The molecule has 0 bridgehead atoms. The molecule has 1 aromatic heterocycles. The van der Waals surface area contributed by atoms with E-state index in [0.29, 0.717) is 18.3 Å². The molecule has 5 heteroatoms. The highest BCUT2D eigenvalue weighted by Crippen LogP contribution is 2.32. The minimum Gasteiger partial charge on any atom is -0.353 e. The summed E-state index contributed by atoms with van der Waals surface area (Å²) < 4.78 is 0. The van der Waals surface area contributed by atoms with Gasteiger partial charge < -0.3 is 9.80 Å². The van der Waals surface area contributed by atoms with Gasteiger partial charge in [0.2, 0.25) is 5.91 Å². The Morgan fingerprint density at radius 1 is 1.03 bits per heavy atom. The molecule has 0 saturated carbocycles. The van der Waals surface area contributed by atoms with Crippen LogP contribution in [0.4, 0.5) is 5.82 Å². The Morgan fingerprint density at radius 2 is 1.70 bits per heavy atom. The number of rotatable bonds is 6. The number of nitrogens with zero attached hydrogens (tertiary/aromatic N) is 4. The minimum atomic E-state index is 0.255. The second-order valence-electron chi connectivity index (χ2n) is 11.3. The molecule has 0 N–H and O–H groups in total. The lowest BCUT2D eigenvalue weighted by Crippen LogP contribution is -2.49. The van der Waals surface area contributed by atoms with Crippen LogP contribution in [0.2, 0.25) is 0 Å². The molecule has 0 radical (unpaired) electrons. The monoisotopic (exact) mass is 450 g/mol. The van der Waals surface area contributed by atoms with Crippen LogP contribution in [0.25, 0.3) is 11.4 Å². The fraction of sp³-hybridized carbons (Fsp3) is 0.607. The molecule has 0 aliphatic carbocycles. The Hall–Kier alpha value is -2.43. The van der Waals surface area contributed by atoms with Crippen LogP contribution in [0.5, 0.6) is 0 Å². The summed E-state index contributed by atoms with van der Waals surface area (Å²) in [5.41, 5.74) is 4.77. The summed E-state index contributed by atoms with van der Waals surface area (Å²) in [6, 6.07) is 8.38. The number of hydrogen-bond donors (Lipinski definition) is 0. The van der Waals surface area contributed by atoms with Gasteiger partial charge in [0.25, 0.3) is 0 Å². The molecule has 2 aromatic rings. The van der Waals surface area contributed by atoms with Gasteiger partial charge in [0.1, 0.15) is 5.82 Å². The van der Waals surface area contributed by atoms with Gasteiger partial charge in [0, 0.05) is 49.4 Å². The zero-order valence-electron chi connectivity index (χ0n) is 21.9. The lowest BCUT2D eigenvalue weighted by Gasteiger charge is -2.37. The number of benzene rings is 1. The largest absolute Gasteiger partial charge is 0.353 e. The van der Waals surface area contributed by atoms with Crippen LogP contribution in [-0.2, 0) is 4.79 Å². The smallest absolute Gasteiger partial charge is 0.222 e. The molecule has 1 aliphatic heterocycles. The van der Waals surface area contributed by atoms with Gasteiger partial charge in [0.15, 0.2) is 5.82 Å². The summed E-state index contributed by atoms with van der Waals surface area (Å²) in [5, 5.41) is 0. The predicted molar refractivity (Wildman–Crippen MR) is 138 cm³/mol. The normalized spacial score (nSPS) is 15.8. The third kappa shape index (κ3) is 6.55. The number of hydrogen-bond acceptors (Lipinski definition) is 4. The van der Waals surface area contributed by atoms with Crippen LogP contribution in [0.3, 0.4) is 0 Å². The van der Waals surface area contributed by atoms with Crippen LogP contribution >= 0.6 is 0 Å². The number of carbonyl (C=O) groups excluding carboxylic acids is 1. The first-order valence-corrected chi connectivity index (χ1v) is 12.4. The molecule has 3 rings (SSSR count). The first-order valence-electron chi connectivity index (χ1n) is 12.4. The Labute approximate surface area is 200 Å². The van der Waals surface area contributed by atoms with E-state index in [-0.39, 0.29) is 11.3 Å². The summed E-state index contributed by atoms with van der Waals surface area (Å²) in [4.78, 5) is 27.2. The van der Waals surface area contributed by atoms with Gasteiger partial charge in [-0.05, 0) is 43.6 Å². The molecule has 1 amide bonds. The fourth-order valence-electron chi connectivity index (χ4n) is 5.11. The summed E-state index contributed by atoms with van der Waals surface area (Å²) in [7, 11) is 0. The Balaban J connectivity index is 1.77. The molecule has 0 spiro atoms. The highest BCUT2D eigenvalue weighted by Gasteiger charge is 2.27. The summed E-state index contributed by atoms with van der Waals surface area (Å²) >= 11 is 0. The van der Waals surface area contributed by atoms with Gasteiger partial charge >= 0.3 is 0 Å². The molecule has 1 atom stereocenters. The molecule has 2 heterocycles. The molecule has 0 unspecified atom stereocenters. The van der Waals surface area contributed by atoms with E-state index in [1.165, 1.54) is 11.1 Å². The van der Waals surface area contributed by atoms with Gasteiger partial charge in [-0.15, -0.1) is 0 Å². The maximum absolute atomic E-state index is 12.9. The number of carbonyl (C=O) groups is 1. The van der Waals surface area contributed by atoms with Crippen LogP contribution in [0, 0.1) is 25.2 Å². The van der Waals surface area contributed by atoms with Crippen molar-refractivity contribution in [2.45, 2.75) is 74.1 Å². The highest BCUT2D eigenvalue weighted by atomic mass is 16.2. The van der Waals surface area contributed by atoms with E-state index in [4.69, 9.17) is 9.97 Å². The van der Waals surface area contributed by atoms with Crippen molar-refractivity contribution in [3.63, 3.8) is 0 Å². The molecule has 33 heavy (non-hydrogen) atoms. The zero-order valence-corrected chi connectivity index (χ0v) is 21.9. The van der Waals surface area contributed by atoms with E-state index in [9.17, 15) is 4.79 Å². The Morgan fingerprint density at radius 3 is 2.27 bits per heavy atom. The molecule has 1 aliphatic rings. The highest BCUT2D eigenvalue weighted by molar-refractivity contribution is 5.76. The molecule has 5 nitrogen and oxygen atoms in total. The molecular formula is C28H42N4O. The second-order valence-corrected chi connectivity index (χ2v) is 11.3. The summed E-state index contributed by atoms with van der Waals surface area (Å²) in [6.07, 6.45) is 1.71. The van der Waals surface area contributed by atoms with E-state index in [1.807, 2.05) is 4.90 Å². The van der Waals surface area contributed by atoms with Gasteiger partial charge in [-0.2, -0.15) is 0 Å². The quantitative estimate of drug-likeness (QED) is 0.542. The minimum absolute atomic E-state index is 0.255. The zero-order chi connectivity index (χ0) is 24.3. The van der Waals surface area contributed by atoms with Crippen LogP contribution in [-0.4, -0.2) is 47.0 Å². The maximum atomic E-state index is 12.9. The number of piperazine rings is 1.